The molecule has 0 saturated carbocycles. The first-order valence-electron chi connectivity index (χ1n) is 5.11. The highest BCUT2D eigenvalue weighted by Crippen LogP contribution is 2.12. The summed E-state index contributed by atoms with van der Waals surface area (Å²) in [6, 6.07) is 4.43. The monoisotopic (exact) mass is 232 g/mol. The van der Waals surface area contributed by atoms with Crippen LogP contribution in [0.1, 0.15) is 17.3 Å². The van der Waals surface area contributed by atoms with Crippen LogP contribution in [-0.4, -0.2) is 28.1 Å². The van der Waals surface area contributed by atoms with E-state index in [0.717, 1.165) is 10.9 Å². The lowest BCUT2D eigenvalue weighted by Crippen LogP contribution is -2.42. The van der Waals surface area contributed by atoms with Gasteiger partial charge in [-0.15, -0.1) is 0 Å². The standard InChI is InChI=1S/C11H12N4O2/c1-6(10(12)16)14-11(17)7-2-3-8-5-13-15-9(8)4-7/h2-6H,1H3,(H2,12,16)(H,13,15)(H,14,17). The molecular weight excluding hydrogens is 220 g/mol. The lowest BCUT2D eigenvalue weighted by molar-refractivity contribution is -0.119. The Labute approximate surface area is 97.2 Å². The number of carbonyl (C=O) groups is 2. The quantitative estimate of drug-likeness (QED) is 0.702. The number of primary amides is 1. The third-order valence-corrected chi connectivity index (χ3v) is 2.48. The maximum atomic E-state index is 11.8. The fourth-order valence-electron chi connectivity index (χ4n) is 1.43. The third kappa shape index (κ3) is 2.25. The predicted molar refractivity (Wildman–Crippen MR) is 62.2 cm³/mol. The van der Waals surface area contributed by atoms with Gasteiger partial charge in [0.15, 0.2) is 0 Å². The van der Waals surface area contributed by atoms with Crippen LogP contribution >= 0.6 is 0 Å². The Morgan fingerprint density at radius 2 is 2.24 bits per heavy atom. The van der Waals surface area contributed by atoms with Gasteiger partial charge in [-0.1, -0.05) is 6.07 Å². The fourth-order valence-corrected chi connectivity index (χ4v) is 1.43. The van der Waals surface area contributed by atoms with Crippen LogP contribution < -0.4 is 11.1 Å². The molecule has 0 bridgehead atoms. The molecule has 1 aromatic carbocycles. The van der Waals surface area contributed by atoms with Gasteiger partial charge in [-0.05, 0) is 19.1 Å². The average Bonchev–Trinajstić information content (AvgIpc) is 2.75. The molecule has 0 radical (unpaired) electrons. The lowest BCUT2D eigenvalue weighted by Gasteiger charge is -2.09. The van der Waals surface area contributed by atoms with Gasteiger partial charge in [0.25, 0.3) is 5.91 Å². The number of benzene rings is 1. The summed E-state index contributed by atoms with van der Waals surface area (Å²) < 4.78 is 0. The molecule has 0 saturated heterocycles. The largest absolute Gasteiger partial charge is 0.368 e. The second-order valence-corrected chi connectivity index (χ2v) is 3.77. The summed E-state index contributed by atoms with van der Waals surface area (Å²) in [5.74, 6) is -0.909. The van der Waals surface area contributed by atoms with Crippen LogP contribution in [0.15, 0.2) is 24.4 Å². The van der Waals surface area contributed by atoms with E-state index in [1.54, 1.807) is 24.4 Å². The van der Waals surface area contributed by atoms with E-state index in [0.29, 0.717) is 5.56 Å². The van der Waals surface area contributed by atoms with Gasteiger partial charge in [-0.3, -0.25) is 14.7 Å². The van der Waals surface area contributed by atoms with Gasteiger partial charge >= 0.3 is 0 Å². The fraction of sp³-hybridized carbons (Fsp3) is 0.182. The van der Waals surface area contributed by atoms with Crippen molar-refractivity contribution in [2.24, 2.45) is 5.73 Å². The molecule has 0 aliphatic rings. The number of aromatic amines is 1. The zero-order valence-corrected chi connectivity index (χ0v) is 9.23. The molecule has 0 aliphatic carbocycles. The molecule has 1 heterocycles. The number of carbonyl (C=O) groups excluding carboxylic acids is 2. The molecule has 1 atom stereocenters. The number of H-pyrrole nitrogens is 1. The Hall–Kier alpha value is -2.37. The van der Waals surface area contributed by atoms with Crippen molar-refractivity contribution in [3.05, 3.63) is 30.0 Å². The number of fused-ring (bicyclic) bond motifs is 1. The molecule has 17 heavy (non-hydrogen) atoms. The predicted octanol–water partition coefficient (Wildman–Crippen LogP) is 0.167. The summed E-state index contributed by atoms with van der Waals surface area (Å²) in [5.41, 5.74) is 6.29. The molecule has 6 nitrogen and oxygen atoms in total. The molecule has 88 valence electrons. The summed E-state index contributed by atoms with van der Waals surface area (Å²) in [5, 5.41) is 10.1. The number of nitrogens with two attached hydrogens (primary N) is 1. The van der Waals surface area contributed by atoms with Gasteiger partial charge in [0.05, 0.1) is 11.7 Å². The molecule has 1 aromatic heterocycles. The van der Waals surface area contributed by atoms with Crippen LogP contribution in [0, 0.1) is 0 Å². The first-order valence-corrected chi connectivity index (χ1v) is 5.11. The first-order chi connectivity index (χ1) is 8.08. The van der Waals surface area contributed by atoms with Gasteiger partial charge in [0, 0.05) is 10.9 Å². The summed E-state index contributed by atoms with van der Waals surface area (Å²) >= 11 is 0. The molecule has 2 amide bonds. The molecular formula is C11H12N4O2. The summed E-state index contributed by atoms with van der Waals surface area (Å²) in [6.07, 6.45) is 1.67. The highest BCUT2D eigenvalue weighted by Gasteiger charge is 2.14. The van der Waals surface area contributed by atoms with E-state index in [4.69, 9.17) is 5.73 Å². The minimum absolute atomic E-state index is 0.340. The van der Waals surface area contributed by atoms with Crippen molar-refractivity contribution in [3.63, 3.8) is 0 Å². The van der Waals surface area contributed by atoms with Crippen molar-refractivity contribution >= 4 is 22.7 Å². The van der Waals surface area contributed by atoms with Crippen LogP contribution in [0.5, 0.6) is 0 Å². The lowest BCUT2D eigenvalue weighted by atomic mass is 10.1. The van der Waals surface area contributed by atoms with Gasteiger partial charge < -0.3 is 11.1 Å². The SMILES string of the molecule is CC(NC(=O)c1ccc2cn[nH]c2c1)C(N)=O. The molecule has 4 N–H and O–H groups in total. The Bertz CT molecular complexity index is 576. The van der Waals surface area contributed by atoms with Gasteiger partial charge in [-0.2, -0.15) is 5.10 Å². The van der Waals surface area contributed by atoms with Crippen LogP contribution in [0.2, 0.25) is 0 Å². The van der Waals surface area contributed by atoms with Crippen LogP contribution in [0.3, 0.4) is 0 Å². The highest BCUT2D eigenvalue weighted by molar-refractivity contribution is 5.99. The van der Waals surface area contributed by atoms with Crippen LogP contribution in [-0.2, 0) is 4.79 Å². The molecule has 2 rings (SSSR count). The molecule has 0 spiro atoms. The minimum Gasteiger partial charge on any atom is -0.368 e. The van der Waals surface area contributed by atoms with Crippen molar-refractivity contribution < 1.29 is 9.59 Å². The second-order valence-electron chi connectivity index (χ2n) is 3.77. The number of rotatable bonds is 3. The van der Waals surface area contributed by atoms with E-state index < -0.39 is 11.9 Å². The summed E-state index contributed by atoms with van der Waals surface area (Å²) in [6.45, 7) is 1.54. The van der Waals surface area contributed by atoms with E-state index >= 15 is 0 Å². The molecule has 6 heteroatoms. The van der Waals surface area contributed by atoms with Crippen LogP contribution in [0.25, 0.3) is 10.9 Å². The zero-order chi connectivity index (χ0) is 12.4. The van der Waals surface area contributed by atoms with Crippen molar-refractivity contribution in [1.82, 2.24) is 15.5 Å². The number of amides is 2. The third-order valence-electron chi connectivity index (χ3n) is 2.48. The smallest absolute Gasteiger partial charge is 0.251 e. The normalized spacial score (nSPS) is 12.3. The topological polar surface area (TPSA) is 101 Å². The molecule has 2 aromatic rings. The van der Waals surface area contributed by atoms with Crippen molar-refractivity contribution in [2.75, 3.05) is 0 Å². The van der Waals surface area contributed by atoms with Crippen LogP contribution in [0.4, 0.5) is 0 Å². The van der Waals surface area contributed by atoms with E-state index in [1.165, 1.54) is 6.92 Å². The van der Waals surface area contributed by atoms with Gasteiger partial charge in [0.1, 0.15) is 6.04 Å². The van der Waals surface area contributed by atoms with E-state index in [9.17, 15) is 9.59 Å². The maximum Gasteiger partial charge on any atom is 0.251 e. The number of nitrogens with one attached hydrogen (secondary N) is 2. The number of nitrogens with zero attached hydrogens (tertiary/aromatic N) is 1. The molecule has 1 unspecified atom stereocenters. The number of aromatic nitrogens is 2. The number of hydrogen-bond acceptors (Lipinski definition) is 3. The maximum absolute atomic E-state index is 11.8. The second kappa shape index (κ2) is 4.25. The van der Waals surface area contributed by atoms with E-state index in [1.807, 2.05) is 0 Å². The average molecular weight is 232 g/mol. The van der Waals surface area contributed by atoms with Crippen molar-refractivity contribution in [2.45, 2.75) is 13.0 Å². The highest BCUT2D eigenvalue weighted by atomic mass is 16.2. The Balaban J connectivity index is 2.21. The van der Waals surface area contributed by atoms with Crippen molar-refractivity contribution in [1.29, 1.82) is 0 Å². The Kier molecular flexibility index (Phi) is 2.78. The minimum atomic E-state index is -0.694. The van der Waals surface area contributed by atoms with E-state index in [-0.39, 0.29) is 5.91 Å². The van der Waals surface area contributed by atoms with Gasteiger partial charge in [0.2, 0.25) is 5.91 Å². The molecule has 0 aliphatic heterocycles. The summed E-state index contributed by atoms with van der Waals surface area (Å²) in [4.78, 5) is 22.6. The first kappa shape index (κ1) is 11.1. The number of hydrogen-bond donors (Lipinski definition) is 3. The Morgan fingerprint density at radius 3 is 2.94 bits per heavy atom. The zero-order valence-electron chi connectivity index (χ0n) is 9.23. The molecule has 0 fully saturated rings. The Morgan fingerprint density at radius 1 is 1.47 bits per heavy atom. The van der Waals surface area contributed by atoms with E-state index in [2.05, 4.69) is 15.5 Å². The summed E-state index contributed by atoms with van der Waals surface area (Å²) in [7, 11) is 0. The van der Waals surface area contributed by atoms with Crippen molar-refractivity contribution in [3.8, 4) is 0 Å². The van der Waals surface area contributed by atoms with Gasteiger partial charge in [-0.25, -0.2) is 0 Å².